The van der Waals surface area contributed by atoms with E-state index < -0.39 is 11.6 Å². The number of ether oxygens (including phenoxy) is 1. The van der Waals surface area contributed by atoms with Crippen molar-refractivity contribution in [2.75, 3.05) is 12.4 Å². The number of rotatable bonds is 4. The summed E-state index contributed by atoms with van der Waals surface area (Å²) in [5.41, 5.74) is 2.11. The SMILES string of the molecule is COc1ccc2nc(NCc3cc(F)cc(F)c3)[nH]c2c1. The van der Waals surface area contributed by atoms with Crippen molar-refractivity contribution in [3.63, 3.8) is 0 Å². The lowest BCUT2D eigenvalue weighted by atomic mass is 10.2. The van der Waals surface area contributed by atoms with Gasteiger partial charge in [-0.15, -0.1) is 0 Å². The van der Waals surface area contributed by atoms with Gasteiger partial charge in [-0.2, -0.15) is 0 Å². The normalized spacial score (nSPS) is 10.8. The van der Waals surface area contributed by atoms with Gasteiger partial charge in [0.25, 0.3) is 0 Å². The third-order valence-electron chi connectivity index (χ3n) is 3.07. The highest BCUT2D eigenvalue weighted by Crippen LogP contribution is 2.20. The van der Waals surface area contributed by atoms with Crippen LogP contribution in [0.4, 0.5) is 14.7 Å². The van der Waals surface area contributed by atoms with Crippen LogP contribution in [-0.4, -0.2) is 17.1 Å². The monoisotopic (exact) mass is 289 g/mol. The van der Waals surface area contributed by atoms with Gasteiger partial charge in [-0.25, -0.2) is 13.8 Å². The number of methoxy groups -OCH3 is 1. The second-order valence-corrected chi connectivity index (χ2v) is 4.60. The number of fused-ring (bicyclic) bond motifs is 1. The molecule has 0 bridgehead atoms. The number of hydrogen-bond acceptors (Lipinski definition) is 3. The molecule has 1 heterocycles. The summed E-state index contributed by atoms with van der Waals surface area (Å²) in [4.78, 5) is 7.42. The molecule has 2 aromatic carbocycles. The van der Waals surface area contributed by atoms with Crippen LogP contribution in [0, 0.1) is 11.6 Å². The molecule has 0 fully saturated rings. The fraction of sp³-hybridized carbons (Fsp3) is 0.133. The van der Waals surface area contributed by atoms with Crippen LogP contribution in [0.1, 0.15) is 5.56 Å². The van der Waals surface area contributed by atoms with Crippen LogP contribution in [0.2, 0.25) is 0 Å². The van der Waals surface area contributed by atoms with Crippen molar-refractivity contribution < 1.29 is 13.5 Å². The van der Waals surface area contributed by atoms with E-state index in [9.17, 15) is 8.78 Å². The molecule has 3 aromatic rings. The van der Waals surface area contributed by atoms with Crippen molar-refractivity contribution in [1.29, 1.82) is 0 Å². The summed E-state index contributed by atoms with van der Waals surface area (Å²) in [6.45, 7) is 0.269. The van der Waals surface area contributed by atoms with E-state index in [4.69, 9.17) is 4.74 Å². The summed E-state index contributed by atoms with van der Waals surface area (Å²) >= 11 is 0. The van der Waals surface area contributed by atoms with Crippen molar-refractivity contribution in [1.82, 2.24) is 9.97 Å². The van der Waals surface area contributed by atoms with Crippen LogP contribution >= 0.6 is 0 Å². The predicted octanol–water partition coefficient (Wildman–Crippen LogP) is 3.46. The molecule has 21 heavy (non-hydrogen) atoms. The van der Waals surface area contributed by atoms with Gasteiger partial charge in [0.05, 0.1) is 18.1 Å². The summed E-state index contributed by atoms with van der Waals surface area (Å²) in [5, 5.41) is 3.00. The zero-order valence-electron chi connectivity index (χ0n) is 11.3. The first kappa shape index (κ1) is 13.4. The maximum atomic E-state index is 13.1. The molecule has 108 valence electrons. The quantitative estimate of drug-likeness (QED) is 0.773. The zero-order chi connectivity index (χ0) is 14.8. The average molecular weight is 289 g/mol. The maximum absolute atomic E-state index is 13.1. The minimum atomic E-state index is -0.596. The molecule has 0 aliphatic heterocycles. The van der Waals surface area contributed by atoms with Gasteiger partial charge < -0.3 is 15.0 Å². The van der Waals surface area contributed by atoms with E-state index in [2.05, 4.69) is 15.3 Å². The lowest BCUT2D eigenvalue weighted by Gasteiger charge is -2.03. The molecule has 0 saturated carbocycles. The summed E-state index contributed by atoms with van der Waals surface area (Å²) in [7, 11) is 1.59. The number of anilines is 1. The number of H-pyrrole nitrogens is 1. The number of hydrogen-bond donors (Lipinski definition) is 2. The molecule has 0 amide bonds. The van der Waals surface area contributed by atoms with Gasteiger partial charge in [0.1, 0.15) is 17.4 Å². The summed E-state index contributed by atoms with van der Waals surface area (Å²) < 4.78 is 31.3. The number of aromatic amines is 1. The molecule has 1 aromatic heterocycles. The molecular formula is C15H13F2N3O. The highest BCUT2D eigenvalue weighted by Gasteiger charge is 2.05. The Hall–Kier alpha value is -2.63. The van der Waals surface area contributed by atoms with E-state index in [0.29, 0.717) is 11.5 Å². The lowest BCUT2D eigenvalue weighted by molar-refractivity contribution is 0.415. The first-order valence-electron chi connectivity index (χ1n) is 6.36. The van der Waals surface area contributed by atoms with Gasteiger partial charge >= 0.3 is 0 Å². The van der Waals surface area contributed by atoms with E-state index in [0.717, 1.165) is 22.8 Å². The maximum Gasteiger partial charge on any atom is 0.201 e. The molecule has 6 heteroatoms. The molecule has 0 radical (unpaired) electrons. The molecule has 2 N–H and O–H groups in total. The molecule has 0 saturated heterocycles. The standard InChI is InChI=1S/C15H13F2N3O/c1-21-12-2-3-13-14(7-12)20-15(19-13)18-8-9-4-10(16)6-11(17)5-9/h2-7H,8H2,1H3,(H2,18,19,20). The summed E-state index contributed by atoms with van der Waals surface area (Å²) in [6.07, 6.45) is 0. The number of imidazole rings is 1. The highest BCUT2D eigenvalue weighted by atomic mass is 19.1. The minimum absolute atomic E-state index is 0.269. The van der Waals surface area contributed by atoms with Crippen LogP contribution in [0.25, 0.3) is 11.0 Å². The number of nitrogens with zero attached hydrogens (tertiary/aromatic N) is 1. The highest BCUT2D eigenvalue weighted by molar-refractivity contribution is 5.79. The van der Waals surface area contributed by atoms with Crippen LogP contribution in [0.5, 0.6) is 5.75 Å². The van der Waals surface area contributed by atoms with E-state index >= 15 is 0 Å². The first-order valence-corrected chi connectivity index (χ1v) is 6.36. The first-order chi connectivity index (χ1) is 10.1. The Morgan fingerprint density at radius 2 is 1.90 bits per heavy atom. The Labute approximate surface area is 119 Å². The number of benzene rings is 2. The van der Waals surface area contributed by atoms with E-state index in [-0.39, 0.29) is 6.54 Å². The Balaban J connectivity index is 1.78. The van der Waals surface area contributed by atoms with Gasteiger partial charge in [0, 0.05) is 18.7 Å². The van der Waals surface area contributed by atoms with Gasteiger partial charge in [0.15, 0.2) is 0 Å². The molecule has 0 aliphatic carbocycles. The molecular weight excluding hydrogens is 276 g/mol. The molecule has 0 aliphatic rings. The second-order valence-electron chi connectivity index (χ2n) is 4.60. The zero-order valence-corrected chi connectivity index (χ0v) is 11.3. The van der Waals surface area contributed by atoms with Gasteiger partial charge in [0.2, 0.25) is 5.95 Å². The third-order valence-corrected chi connectivity index (χ3v) is 3.07. The van der Waals surface area contributed by atoms with Crippen LogP contribution < -0.4 is 10.1 Å². The minimum Gasteiger partial charge on any atom is -0.497 e. The average Bonchev–Trinajstić information content (AvgIpc) is 2.85. The van der Waals surface area contributed by atoms with E-state index in [1.165, 1.54) is 12.1 Å². The second kappa shape index (κ2) is 5.40. The van der Waals surface area contributed by atoms with Gasteiger partial charge in [-0.1, -0.05) is 0 Å². The van der Waals surface area contributed by atoms with Crippen molar-refractivity contribution in [3.05, 3.63) is 53.6 Å². The third kappa shape index (κ3) is 2.94. The van der Waals surface area contributed by atoms with Crippen molar-refractivity contribution in [3.8, 4) is 5.75 Å². The number of nitrogens with one attached hydrogen (secondary N) is 2. The number of halogens is 2. The lowest BCUT2D eigenvalue weighted by Crippen LogP contribution is -2.01. The van der Waals surface area contributed by atoms with E-state index in [1.54, 1.807) is 7.11 Å². The van der Waals surface area contributed by atoms with Crippen LogP contribution in [-0.2, 0) is 6.54 Å². The Kier molecular flexibility index (Phi) is 3.43. The predicted molar refractivity (Wildman–Crippen MR) is 76.3 cm³/mol. The summed E-state index contributed by atoms with van der Waals surface area (Å²) in [5.74, 6) is 0.0649. The topological polar surface area (TPSA) is 49.9 Å². The van der Waals surface area contributed by atoms with Crippen molar-refractivity contribution in [2.45, 2.75) is 6.54 Å². The van der Waals surface area contributed by atoms with Crippen molar-refractivity contribution in [2.24, 2.45) is 0 Å². The Morgan fingerprint density at radius 1 is 1.14 bits per heavy atom. The van der Waals surface area contributed by atoms with Gasteiger partial charge in [-0.3, -0.25) is 0 Å². The molecule has 4 nitrogen and oxygen atoms in total. The summed E-state index contributed by atoms with van der Waals surface area (Å²) in [6, 6.07) is 8.88. The Bertz CT molecular complexity index is 765. The Morgan fingerprint density at radius 3 is 2.62 bits per heavy atom. The largest absolute Gasteiger partial charge is 0.497 e. The smallest absolute Gasteiger partial charge is 0.201 e. The molecule has 0 unspecified atom stereocenters. The van der Waals surface area contributed by atoms with Crippen molar-refractivity contribution >= 4 is 17.0 Å². The fourth-order valence-corrected chi connectivity index (χ4v) is 2.10. The molecule has 0 atom stereocenters. The van der Waals surface area contributed by atoms with Crippen LogP contribution in [0.15, 0.2) is 36.4 Å². The van der Waals surface area contributed by atoms with Gasteiger partial charge in [-0.05, 0) is 29.8 Å². The molecule has 0 spiro atoms. The van der Waals surface area contributed by atoms with E-state index in [1.807, 2.05) is 18.2 Å². The molecule has 3 rings (SSSR count). The van der Waals surface area contributed by atoms with Crippen LogP contribution in [0.3, 0.4) is 0 Å². The fourth-order valence-electron chi connectivity index (χ4n) is 2.10. The number of aromatic nitrogens is 2.